The standard InChI is InChI=1S/C13H16N4O2/c1-19-8-11(18)14-10-6-3-7-17-13(10)15-12(16-17)9-4-2-5-9/h3,6-7,9H,2,4-5,8H2,1H3,(H,14,18). The molecule has 1 fully saturated rings. The van der Waals surface area contributed by atoms with Gasteiger partial charge in [-0.1, -0.05) is 6.42 Å². The molecule has 0 saturated heterocycles. The van der Waals surface area contributed by atoms with E-state index in [1.54, 1.807) is 4.52 Å². The monoisotopic (exact) mass is 260 g/mol. The van der Waals surface area contributed by atoms with E-state index in [1.165, 1.54) is 13.5 Å². The van der Waals surface area contributed by atoms with E-state index in [4.69, 9.17) is 4.74 Å². The minimum absolute atomic E-state index is 0.0324. The Bertz CT molecular complexity index is 604. The van der Waals surface area contributed by atoms with E-state index in [2.05, 4.69) is 15.4 Å². The lowest BCUT2D eigenvalue weighted by Crippen LogP contribution is -2.17. The van der Waals surface area contributed by atoms with Crippen LogP contribution < -0.4 is 5.32 Å². The zero-order valence-corrected chi connectivity index (χ0v) is 10.8. The van der Waals surface area contributed by atoms with Gasteiger partial charge in [-0.25, -0.2) is 9.50 Å². The van der Waals surface area contributed by atoms with Crippen LogP contribution in [0.1, 0.15) is 31.0 Å². The molecule has 1 aliphatic carbocycles. The maximum absolute atomic E-state index is 11.6. The summed E-state index contributed by atoms with van der Waals surface area (Å²) in [5, 5.41) is 7.26. The van der Waals surface area contributed by atoms with Crippen LogP contribution in [0.5, 0.6) is 0 Å². The van der Waals surface area contributed by atoms with Crippen molar-refractivity contribution in [1.29, 1.82) is 0 Å². The second-order valence-electron chi connectivity index (χ2n) is 4.77. The zero-order valence-electron chi connectivity index (χ0n) is 10.8. The van der Waals surface area contributed by atoms with Crippen LogP contribution in [0.15, 0.2) is 18.3 Å². The van der Waals surface area contributed by atoms with Gasteiger partial charge in [0, 0.05) is 19.2 Å². The number of methoxy groups -OCH3 is 1. The molecule has 19 heavy (non-hydrogen) atoms. The Kier molecular flexibility index (Phi) is 3.16. The van der Waals surface area contributed by atoms with Crippen LogP contribution in [-0.4, -0.2) is 34.2 Å². The number of hydrogen-bond acceptors (Lipinski definition) is 4. The summed E-state index contributed by atoms with van der Waals surface area (Å²) in [6.45, 7) is 0.0324. The molecule has 1 aliphatic rings. The molecule has 1 saturated carbocycles. The number of carbonyl (C=O) groups excluding carboxylic acids is 1. The highest BCUT2D eigenvalue weighted by atomic mass is 16.5. The van der Waals surface area contributed by atoms with Crippen LogP contribution >= 0.6 is 0 Å². The van der Waals surface area contributed by atoms with Gasteiger partial charge in [0.2, 0.25) is 5.91 Å². The first-order valence-electron chi connectivity index (χ1n) is 6.42. The molecule has 0 aliphatic heterocycles. The van der Waals surface area contributed by atoms with Crippen molar-refractivity contribution in [3.63, 3.8) is 0 Å². The molecule has 0 atom stereocenters. The maximum atomic E-state index is 11.6. The molecule has 3 rings (SSSR count). The second kappa shape index (κ2) is 4.97. The van der Waals surface area contributed by atoms with Crippen LogP contribution in [0.3, 0.4) is 0 Å². The van der Waals surface area contributed by atoms with E-state index >= 15 is 0 Å². The van der Waals surface area contributed by atoms with Crippen molar-refractivity contribution in [3.05, 3.63) is 24.2 Å². The van der Waals surface area contributed by atoms with Crippen molar-refractivity contribution >= 4 is 17.2 Å². The molecule has 2 aromatic heterocycles. The lowest BCUT2D eigenvalue weighted by Gasteiger charge is -2.21. The highest BCUT2D eigenvalue weighted by molar-refractivity contribution is 5.94. The van der Waals surface area contributed by atoms with Crippen LogP contribution in [0, 0.1) is 0 Å². The van der Waals surface area contributed by atoms with E-state index in [1.807, 2.05) is 18.3 Å². The fourth-order valence-electron chi connectivity index (χ4n) is 2.18. The molecule has 0 spiro atoms. The van der Waals surface area contributed by atoms with Gasteiger partial charge >= 0.3 is 0 Å². The summed E-state index contributed by atoms with van der Waals surface area (Å²) < 4.78 is 6.52. The Morgan fingerprint density at radius 3 is 3.11 bits per heavy atom. The largest absolute Gasteiger partial charge is 0.375 e. The molecular weight excluding hydrogens is 244 g/mol. The first kappa shape index (κ1) is 12.1. The third kappa shape index (κ3) is 2.31. The zero-order chi connectivity index (χ0) is 13.2. The van der Waals surface area contributed by atoms with E-state index in [9.17, 15) is 4.79 Å². The van der Waals surface area contributed by atoms with Crippen LogP contribution in [0.25, 0.3) is 5.65 Å². The molecule has 2 aromatic rings. The van der Waals surface area contributed by atoms with Crippen molar-refractivity contribution in [2.75, 3.05) is 19.0 Å². The van der Waals surface area contributed by atoms with Gasteiger partial charge in [0.25, 0.3) is 0 Å². The number of anilines is 1. The normalized spacial score (nSPS) is 15.4. The Balaban J connectivity index is 1.90. The van der Waals surface area contributed by atoms with E-state index in [-0.39, 0.29) is 12.5 Å². The predicted octanol–water partition coefficient (Wildman–Crippen LogP) is 1.58. The lowest BCUT2D eigenvalue weighted by molar-refractivity contribution is -0.119. The van der Waals surface area contributed by atoms with E-state index < -0.39 is 0 Å². The maximum Gasteiger partial charge on any atom is 0.250 e. The van der Waals surface area contributed by atoms with Crippen molar-refractivity contribution in [3.8, 4) is 0 Å². The predicted molar refractivity (Wildman–Crippen MR) is 70.1 cm³/mol. The second-order valence-corrected chi connectivity index (χ2v) is 4.77. The summed E-state index contributed by atoms with van der Waals surface area (Å²) in [6.07, 6.45) is 5.40. The third-order valence-electron chi connectivity index (χ3n) is 3.40. The molecule has 0 radical (unpaired) electrons. The van der Waals surface area contributed by atoms with Gasteiger partial charge in [-0.15, -0.1) is 0 Å². The number of amides is 1. The van der Waals surface area contributed by atoms with Gasteiger partial charge < -0.3 is 10.1 Å². The summed E-state index contributed by atoms with van der Waals surface area (Å²) in [5.41, 5.74) is 1.36. The number of nitrogens with one attached hydrogen (secondary N) is 1. The molecule has 2 heterocycles. The Labute approximate surface area is 110 Å². The molecule has 6 heteroatoms. The van der Waals surface area contributed by atoms with Gasteiger partial charge in [0.15, 0.2) is 11.5 Å². The van der Waals surface area contributed by atoms with Crippen molar-refractivity contribution in [2.24, 2.45) is 0 Å². The summed E-state index contributed by atoms with van der Waals surface area (Å²) >= 11 is 0. The Morgan fingerprint density at radius 1 is 1.58 bits per heavy atom. The number of pyridine rings is 1. The molecule has 0 unspecified atom stereocenters. The molecule has 0 aromatic carbocycles. The van der Waals surface area contributed by atoms with Gasteiger partial charge in [0.1, 0.15) is 6.61 Å². The smallest absolute Gasteiger partial charge is 0.250 e. The SMILES string of the molecule is COCC(=O)Nc1cccn2nc(C3CCC3)nc12. The number of nitrogens with zero attached hydrogens (tertiary/aromatic N) is 3. The number of fused-ring (bicyclic) bond motifs is 1. The first-order valence-corrected chi connectivity index (χ1v) is 6.42. The molecule has 1 amide bonds. The summed E-state index contributed by atoms with van der Waals surface area (Å²) in [4.78, 5) is 16.1. The topological polar surface area (TPSA) is 68.5 Å². The highest BCUT2D eigenvalue weighted by Crippen LogP contribution is 2.34. The van der Waals surface area contributed by atoms with Crippen molar-refractivity contribution in [2.45, 2.75) is 25.2 Å². The van der Waals surface area contributed by atoms with E-state index in [0.29, 0.717) is 17.3 Å². The fourth-order valence-corrected chi connectivity index (χ4v) is 2.18. The number of rotatable bonds is 4. The Hall–Kier alpha value is -1.95. The quantitative estimate of drug-likeness (QED) is 0.906. The Morgan fingerprint density at radius 2 is 2.42 bits per heavy atom. The van der Waals surface area contributed by atoms with Gasteiger partial charge in [-0.2, -0.15) is 5.10 Å². The average molecular weight is 260 g/mol. The molecule has 100 valence electrons. The first-order chi connectivity index (χ1) is 9.28. The highest BCUT2D eigenvalue weighted by Gasteiger charge is 2.24. The van der Waals surface area contributed by atoms with Crippen LogP contribution in [0.2, 0.25) is 0 Å². The fraction of sp³-hybridized carbons (Fsp3) is 0.462. The minimum atomic E-state index is -0.191. The van der Waals surface area contributed by atoms with Crippen LogP contribution in [0.4, 0.5) is 5.69 Å². The van der Waals surface area contributed by atoms with Gasteiger partial charge in [-0.3, -0.25) is 4.79 Å². The molecule has 0 bridgehead atoms. The van der Waals surface area contributed by atoms with Crippen molar-refractivity contribution in [1.82, 2.24) is 14.6 Å². The van der Waals surface area contributed by atoms with Gasteiger partial charge in [-0.05, 0) is 25.0 Å². The third-order valence-corrected chi connectivity index (χ3v) is 3.40. The number of ether oxygens (including phenoxy) is 1. The van der Waals surface area contributed by atoms with Crippen LogP contribution in [-0.2, 0) is 9.53 Å². The summed E-state index contributed by atoms with van der Waals surface area (Å²) in [7, 11) is 1.49. The number of carbonyl (C=O) groups is 1. The van der Waals surface area contributed by atoms with Gasteiger partial charge in [0.05, 0.1) is 5.69 Å². The number of aromatic nitrogens is 3. The van der Waals surface area contributed by atoms with E-state index in [0.717, 1.165) is 18.7 Å². The van der Waals surface area contributed by atoms with Crippen molar-refractivity contribution < 1.29 is 9.53 Å². The molecule has 1 N–H and O–H groups in total. The average Bonchev–Trinajstić information content (AvgIpc) is 2.71. The summed E-state index contributed by atoms with van der Waals surface area (Å²) in [6, 6.07) is 3.66. The lowest BCUT2D eigenvalue weighted by atomic mass is 9.85. The number of hydrogen-bond donors (Lipinski definition) is 1. The molecule has 6 nitrogen and oxygen atoms in total. The minimum Gasteiger partial charge on any atom is -0.375 e. The molecular formula is C13H16N4O2. The summed E-state index contributed by atoms with van der Waals surface area (Å²) in [5.74, 6) is 1.16.